The maximum atomic E-state index is 11.4. The molecule has 2 unspecified atom stereocenters. The summed E-state index contributed by atoms with van der Waals surface area (Å²) in [5, 5.41) is 2.39. The lowest BCUT2D eigenvalue weighted by atomic mass is 9.88. The van der Waals surface area contributed by atoms with Crippen LogP contribution >= 0.6 is 0 Å². The van der Waals surface area contributed by atoms with Gasteiger partial charge < -0.3 is 10.6 Å². The zero-order valence-electron chi connectivity index (χ0n) is 8.03. The quantitative estimate of drug-likeness (QED) is 0.530. The first-order valence-electron chi connectivity index (χ1n) is 4.99. The number of rotatable bonds is 2. The number of nitrogens with zero attached hydrogens (tertiary/aromatic N) is 1. The molecular weight excluding hydrogens is 182 g/mol. The van der Waals surface area contributed by atoms with E-state index in [2.05, 4.69) is 10.2 Å². The normalized spacial score (nSPS) is 32.9. The summed E-state index contributed by atoms with van der Waals surface area (Å²) in [6, 6.07) is 0. The van der Waals surface area contributed by atoms with E-state index >= 15 is 0 Å². The molecule has 0 aliphatic carbocycles. The van der Waals surface area contributed by atoms with Gasteiger partial charge in [-0.15, -0.1) is 0 Å². The molecule has 78 valence electrons. The first-order valence-corrected chi connectivity index (χ1v) is 4.99. The first-order chi connectivity index (χ1) is 6.72. The number of fused-ring (bicyclic) bond motifs is 1. The zero-order chi connectivity index (χ0) is 10.1. The van der Waals surface area contributed by atoms with Crippen molar-refractivity contribution in [1.29, 1.82) is 0 Å². The molecule has 2 rings (SSSR count). The molecule has 0 radical (unpaired) electrons. The molecule has 2 fully saturated rings. The molecule has 5 nitrogen and oxygen atoms in total. The van der Waals surface area contributed by atoms with E-state index < -0.39 is 0 Å². The van der Waals surface area contributed by atoms with E-state index in [1.54, 1.807) is 0 Å². The van der Waals surface area contributed by atoms with Gasteiger partial charge in [0.1, 0.15) is 0 Å². The van der Waals surface area contributed by atoms with E-state index in [1.165, 1.54) is 0 Å². The third-order valence-corrected chi connectivity index (χ3v) is 3.06. The Bertz CT molecular complexity index is 267. The third kappa shape index (κ3) is 1.53. The zero-order valence-corrected chi connectivity index (χ0v) is 8.03. The van der Waals surface area contributed by atoms with Gasteiger partial charge in [-0.2, -0.15) is 0 Å². The predicted molar refractivity (Wildman–Crippen MR) is 50.2 cm³/mol. The largest absolute Gasteiger partial charge is 0.329 e. The van der Waals surface area contributed by atoms with Crippen molar-refractivity contribution in [3.63, 3.8) is 0 Å². The molecule has 0 saturated carbocycles. The Labute approximate surface area is 82.6 Å². The fraction of sp³-hybridized carbons (Fsp3) is 0.778. The second kappa shape index (κ2) is 3.67. The Hall–Kier alpha value is -0.940. The molecule has 14 heavy (non-hydrogen) atoms. The van der Waals surface area contributed by atoms with Crippen LogP contribution in [0.2, 0.25) is 0 Å². The van der Waals surface area contributed by atoms with Gasteiger partial charge in [-0.1, -0.05) is 0 Å². The first kappa shape index (κ1) is 9.61. The van der Waals surface area contributed by atoms with Gasteiger partial charge in [0.05, 0.1) is 11.8 Å². The Morgan fingerprint density at radius 2 is 2.07 bits per heavy atom. The summed E-state index contributed by atoms with van der Waals surface area (Å²) >= 11 is 0. The Morgan fingerprint density at radius 1 is 1.36 bits per heavy atom. The Morgan fingerprint density at radius 3 is 2.79 bits per heavy atom. The summed E-state index contributed by atoms with van der Waals surface area (Å²) in [6.45, 7) is 2.97. The van der Waals surface area contributed by atoms with Crippen LogP contribution < -0.4 is 11.1 Å². The lowest BCUT2D eigenvalue weighted by Crippen LogP contribution is -2.43. The van der Waals surface area contributed by atoms with Crippen LogP contribution in [0.4, 0.5) is 0 Å². The number of piperidine rings is 1. The molecular formula is C9H15N3O2. The van der Waals surface area contributed by atoms with Gasteiger partial charge in [-0.3, -0.25) is 14.9 Å². The number of nitrogens with two attached hydrogens (primary N) is 1. The van der Waals surface area contributed by atoms with Crippen LogP contribution in [0.5, 0.6) is 0 Å². The number of amides is 2. The number of carbonyl (C=O) groups excluding carboxylic acids is 2. The number of hydrogen-bond donors (Lipinski definition) is 2. The van der Waals surface area contributed by atoms with Crippen LogP contribution in [0.15, 0.2) is 0 Å². The molecule has 0 aromatic heterocycles. The third-order valence-electron chi connectivity index (χ3n) is 3.06. The van der Waals surface area contributed by atoms with Gasteiger partial charge in [0.2, 0.25) is 11.8 Å². The molecule has 2 aliphatic heterocycles. The smallest absolute Gasteiger partial charge is 0.231 e. The van der Waals surface area contributed by atoms with Crippen LogP contribution in [0.1, 0.15) is 6.42 Å². The molecule has 2 aliphatic rings. The lowest BCUT2D eigenvalue weighted by molar-refractivity contribution is -0.126. The summed E-state index contributed by atoms with van der Waals surface area (Å²) in [6.07, 6.45) is 0.780. The second-order valence-corrected chi connectivity index (χ2v) is 3.94. The molecule has 5 heteroatoms. The average molecular weight is 197 g/mol. The summed E-state index contributed by atoms with van der Waals surface area (Å²) in [5.74, 6) is -0.423. The van der Waals surface area contributed by atoms with Gasteiger partial charge in [0, 0.05) is 19.6 Å². The van der Waals surface area contributed by atoms with Crippen molar-refractivity contribution in [2.45, 2.75) is 6.42 Å². The molecule has 0 aromatic rings. The molecule has 2 saturated heterocycles. The highest BCUT2D eigenvalue weighted by Gasteiger charge is 2.44. The molecule has 2 heterocycles. The maximum Gasteiger partial charge on any atom is 0.231 e. The molecule has 2 amide bonds. The molecule has 0 aromatic carbocycles. The topological polar surface area (TPSA) is 75.4 Å². The Kier molecular flexibility index (Phi) is 2.52. The van der Waals surface area contributed by atoms with E-state index in [-0.39, 0.29) is 23.7 Å². The number of imide groups is 1. The van der Waals surface area contributed by atoms with Crippen molar-refractivity contribution in [2.75, 3.05) is 26.2 Å². The van der Waals surface area contributed by atoms with E-state index in [4.69, 9.17) is 5.73 Å². The highest BCUT2D eigenvalue weighted by Crippen LogP contribution is 2.27. The van der Waals surface area contributed by atoms with Crippen LogP contribution in [-0.4, -0.2) is 42.9 Å². The van der Waals surface area contributed by atoms with E-state index in [1.807, 2.05) is 0 Å². The summed E-state index contributed by atoms with van der Waals surface area (Å²) < 4.78 is 0. The molecule has 2 atom stereocenters. The minimum absolute atomic E-state index is 0.0866. The van der Waals surface area contributed by atoms with E-state index in [9.17, 15) is 9.59 Å². The standard InChI is InChI=1S/C9H15N3O2/c10-2-4-12-3-1-6-7(5-12)9(14)11-8(6)13/h6-7H,1-5,10H2,(H,11,13,14). The number of likely N-dealkylation sites (tertiary alicyclic amines) is 1. The van der Waals surface area contributed by atoms with Gasteiger partial charge in [-0.25, -0.2) is 0 Å². The van der Waals surface area contributed by atoms with Gasteiger partial charge in [0.25, 0.3) is 0 Å². The number of nitrogens with one attached hydrogen (secondary N) is 1. The Balaban J connectivity index is 2.02. The maximum absolute atomic E-state index is 11.4. The van der Waals surface area contributed by atoms with Crippen LogP contribution in [0.25, 0.3) is 0 Å². The van der Waals surface area contributed by atoms with Crippen LogP contribution in [0.3, 0.4) is 0 Å². The molecule has 0 spiro atoms. The fourth-order valence-corrected chi connectivity index (χ4v) is 2.29. The van der Waals surface area contributed by atoms with Crippen molar-refractivity contribution in [3.05, 3.63) is 0 Å². The van der Waals surface area contributed by atoms with Crippen molar-refractivity contribution in [3.8, 4) is 0 Å². The second-order valence-electron chi connectivity index (χ2n) is 3.94. The molecule has 0 bridgehead atoms. The highest BCUT2D eigenvalue weighted by molar-refractivity contribution is 6.05. The van der Waals surface area contributed by atoms with E-state index in [0.29, 0.717) is 13.1 Å². The summed E-state index contributed by atoms with van der Waals surface area (Å²) in [5.41, 5.74) is 5.45. The SMILES string of the molecule is NCCN1CCC2C(=O)NC(=O)C2C1. The van der Waals surface area contributed by atoms with Crippen molar-refractivity contribution < 1.29 is 9.59 Å². The van der Waals surface area contributed by atoms with Crippen molar-refractivity contribution in [1.82, 2.24) is 10.2 Å². The van der Waals surface area contributed by atoms with Gasteiger partial charge in [0.15, 0.2) is 0 Å². The highest BCUT2D eigenvalue weighted by atomic mass is 16.2. The van der Waals surface area contributed by atoms with Gasteiger partial charge in [-0.05, 0) is 13.0 Å². The summed E-state index contributed by atoms with van der Waals surface area (Å²) in [4.78, 5) is 24.8. The van der Waals surface area contributed by atoms with Crippen molar-refractivity contribution in [2.24, 2.45) is 17.6 Å². The van der Waals surface area contributed by atoms with Gasteiger partial charge >= 0.3 is 0 Å². The predicted octanol–water partition coefficient (Wildman–Crippen LogP) is -1.46. The lowest BCUT2D eigenvalue weighted by Gasteiger charge is -2.31. The monoisotopic (exact) mass is 197 g/mol. The molecule has 3 N–H and O–H groups in total. The number of hydrogen-bond acceptors (Lipinski definition) is 4. The van der Waals surface area contributed by atoms with Crippen LogP contribution in [0, 0.1) is 11.8 Å². The average Bonchev–Trinajstić information content (AvgIpc) is 2.43. The van der Waals surface area contributed by atoms with Crippen molar-refractivity contribution >= 4 is 11.8 Å². The van der Waals surface area contributed by atoms with Crippen LogP contribution in [-0.2, 0) is 9.59 Å². The summed E-state index contributed by atoms with van der Waals surface area (Å²) in [7, 11) is 0. The fourth-order valence-electron chi connectivity index (χ4n) is 2.29. The minimum Gasteiger partial charge on any atom is -0.329 e. The van der Waals surface area contributed by atoms with E-state index in [0.717, 1.165) is 19.5 Å². The number of carbonyl (C=O) groups is 2. The minimum atomic E-state index is -0.136.